The molecule has 5 rings (SSSR count). The predicted octanol–water partition coefficient (Wildman–Crippen LogP) is 6.45. The Labute approximate surface area is 218 Å². The molecule has 38 heavy (non-hydrogen) atoms. The number of aryl methyl sites for hydroxylation is 1. The third-order valence-corrected chi connectivity index (χ3v) is 6.55. The molecule has 1 N–H and O–H groups in total. The van der Waals surface area contributed by atoms with Crippen molar-refractivity contribution >= 4 is 23.2 Å². The molecule has 0 bridgehead atoms. The summed E-state index contributed by atoms with van der Waals surface area (Å²) in [6, 6.07) is 15.8. The first-order valence-electron chi connectivity index (χ1n) is 12.2. The molecule has 2 amide bonds. The van der Waals surface area contributed by atoms with Gasteiger partial charge in [0.25, 0.3) is 0 Å². The molecule has 198 valence electrons. The number of fused-ring (bicyclic) bond motifs is 2. The Bertz CT molecular complexity index is 1370. The number of carbonyl (C=O) groups excluding carboxylic acids is 1. The highest BCUT2D eigenvalue weighted by molar-refractivity contribution is 6.04. The molecule has 0 aromatic heterocycles. The Hall–Kier alpha value is -4.21. The minimum atomic E-state index is -4.51. The molecule has 0 radical (unpaired) electrons. The van der Waals surface area contributed by atoms with Gasteiger partial charge in [0.2, 0.25) is 0 Å². The second-order valence-corrected chi connectivity index (χ2v) is 9.20. The van der Waals surface area contributed by atoms with Crippen LogP contribution in [0.15, 0.2) is 65.7 Å². The van der Waals surface area contributed by atoms with Crippen LogP contribution in [-0.2, 0) is 6.18 Å². The molecule has 0 aliphatic carbocycles. The summed E-state index contributed by atoms with van der Waals surface area (Å²) in [7, 11) is 1.54. The van der Waals surface area contributed by atoms with E-state index in [9.17, 15) is 18.0 Å². The molecule has 2 aliphatic rings. The zero-order valence-electron chi connectivity index (χ0n) is 21.0. The number of anilines is 1. The van der Waals surface area contributed by atoms with Gasteiger partial charge < -0.3 is 24.6 Å². The number of benzene rings is 3. The zero-order chi connectivity index (χ0) is 26.9. The van der Waals surface area contributed by atoms with Crippen molar-refractivity contribution in [1.82, 2.24) is 9.80 Å². The lowest BCUT2D eigenvalue weighted by molar-refractivity contribution is -0.137. The van der Waals surface area contributed by atoms with Gasteiger partial charge in [-0.3, -0.25) is 0 Å². The molecule has 3 aromatic rings. The molecule has 0 spiro atoms. The lowest BCUT2D eigenvalue weighted by Gasteiger charge is -2.25. The molecule has 0 atom stereocenters. The number of carbonyl (C=O) groups is 1. The first-order valence-corrected chi connectivity index (χ1v) is 12.2. The summed E-state index contributed by atoms with van der Waals surface area (Å²) in [5.41, 5.74) is 1.70. The summed E-state index contributed by atoms with van der Waals surface area (Å²) in [5, 5.41) is 2.93. The first kappa shape index (κ1) is 25.4. The Balaban J connectivity index is 1.44. The van der Waals surface area contributed by atoms with Crippen LogP contribution in [-0.4, -0.2) is 55.0 Å². The van der Waals surface area contributed by atoms with Gasteiger partial charge in [-0.15, -0.1) is 0 Å². The number of halogens is 3. The number of nitrogens with zero attached hydrogens (tertiary/aromatic N) is 3. The number of nitrogens with one attached hydrogen (secondary N) is 1. The van der Waals surface area contributed by atoms with Gasteiger partial charge in [-0.25, -0.2) is 9.79 Å². The van der Waals surface area contributed by atoms with Crippen molar-refractivity contribution in [2.45, 2.75) is 19.5 Å². The minimum absolute atomic E-state index is 0.0863. The number of urea groups is 1. The van der Waals surface area contributed by atoms with E-state index < -0.39 is 11.7 Å². The van der Waals surface area contributed by atoms with E-state index in [1.165, 1.54) is 13.2 Å². The summed E-state index contributed by atoms with van der Waals surface area (Å²) in [4.78, 5) is 21.3. The molecule has 3 aromatic carbocycles. The number of amides is 2. The molecular weight excluding hydrogens is 497 g/mol. The smallest absolute Gasteiger partial charge is 0.416 e. The average Bonchev–Trinajstić information content (AvgIpc) is 3.23. The topological polar surface area (TPSA) is 66.4 Å². The van der Waals surface area contributed by atoms with Crippen LogP contribution in [0.5, 0.6) is 17.2 Å². The van der Waals surface area contributed by atoms with Gasteiger partial charge in [0, 0.05) is 31.9 Å². The number of hydrogen-bond donors (Lipinski definition) is 1. The number of aliphatic imine (C=N–C) groups is 1. The van der Waals surface area contributed by atoms with Crippen LogP contribution < -0.4 is 14.8 Å². The van der Waals surface area contributed by atoms with Crippen LogP contribution in [0.1, 0.15) is 23.1 Å². The summed E-state index contributed by atoms with van der Waals surface area (Å²) in [6.07, 6.45) is -3.86. The van der Waals surface area contributed by atoms with E-state index in [4.69, 9.17) is 9.47 Å². The summed E-state index contributed by atoms with van der Waals surface area (Å²) in [5.74, 6) is 1.73. The van der Waals surface area contributed by atoms with Gasteiger partial charge in [-0.1, -0.05) is 17.7 Å². The number of rotatable bonds is 2. The molecule has 2 aliphatic heterocycles. The second-order valence-electron chi connectivity index (χ2n) is 9.20. The van der Waals surface area contributed by atoms with Crippen LogP contribution in [0.3, 0.4) is 0 Å². The number of alkyl halides is 3. The van der Waals surface area contributed by atoms with Crippen molar-refractivity contribution in [3.05, 3.63) is 77.4 Å². The fraction of sp³-hybridized carbons (Fsp3) is 0.286. The summed E-state index contributed by atoms with van der Waals surface area (Å²) in [6.45, 7) is 3.90. The molecule has 0 saturated carbocycles. The van der Waals surface area contributed by atoms with Crippen molar-refractivity contribution < 1.29 is 27.4 Å². The van der Waals surface area contributed by atoms with E-state index in [0.29, 0.717) is 61.2 Å². The third kappa shape index (κ3) is 5.39. The molecule has 0 unspecified atom stereocenters. The highest BCUT2D eigenvalue weighted by atomic mass is 19.4. The van der Waals surface area contributed by atoms with Crippen molar-refractivity contribution in [2.24, 2.45) is 4.99 Å². The van der Waals surface area contributed by atoms with Gasteiger partial charge >= 0.3 is 12.2 Å². The van der Waals surface area contributed by atoms with Crippen molar-refractivity contribution in [2.75, 3.05) is 38.6 Å². The van der Waals surface area contributed by atoms with Crippen LogP contribution in [0.4, 0.5) is 29.3 Å². The maximum absolute atomic E-state index is 13.5. The maximum atomic E-state index is 13.5. The zero-order valence-corrected chi connectivity index (χ0v) is 21.0. The lowest BCUT2D eigenvalue weighted by Crippen LogP contribution is -2.39. The van der Waals surface area contributed by atoms with Crippen LogP contribution in [0, 0.1) is 6.92 Å². The van der Waals surface area contributed by atoms with Gasteiger partial charge in [-0.05, 0) is 61.9 Å². The second kappa shape index (κ2) is 10.3. The Kier molecular flexibility index (Phi) is 6.88. The van der Waals surface area contributed by atoms with E-state index in [1.807, 2.05) is 36.1 Å². The van der Waals surface area contributed by atoms with Gasteiger partial charge in [0.15, 0.2) is 5.75 Å². The average molecular weight is 525 g/mol. The minimum Gasteiger partial charge on any atom is -0.497 e. The summed E-state index contributed by atoms with van der Waals surface area (Å²) < 4.78 is 51.8. The van der Waals surface area contributed by atoms with Crippen molar-refractivity contribution in [1.29, 1.82) is 0 Å². The molecule has 7 nitrogen and oxygen atoms in total. The third-order valence-electron chi connectivity index (χ3n) is 6.55. The SMILES string of the molecule is COc1ccc2c(c1)C(N1CCCN(C(=O)Nc3ccc(C)cc3)CC1)=Nc1cc(C(F)(F)F)ccc1O2. The van der Waals surface area contributed by atoms with E-state index >= 15 is 0 Å². The van der Waals surface area contributed by atoms with Gasteiger partial charge in [0.1, 0.15) is 23.0 Å². The predicted molar refractivity (Wildman–Crippen MR) is 139 cm³/mol. The van der Waals surface area contributed by atoms with E-state index in [1.54, 1.807) is 23.1 Å². The van der Waals surface area contributed by atoms with Crippen LogP contribution >= 0.6 is 0 Å². The Morgan fingerprint density at radius 3 is 2.47 bits per heavy atom. The number of methoxy groups -OCH3 is 1. The monoisotopic (exact) mass is 524 g/mol. The van der Waals surface area contributed by atoms with E-state index in [2.05, 4.69) is 10.3 Å². The number of ether oxygens (including phenoxy) is 2. The summed E-state index contributed by atoms with van der Waals surface area (Å²) >= 11 is 0. The van der Waals surface area contributed by atoms with Crippen molar-refractivity contribution in [3.63, 3.8) is 0 Å². The highest BCUT2D eigenvalue weighted by Gasteiger charge is 2.33. The lowest BCUT2D eigenvalue weighted by atomic mass is 10.1. The Morgan fingerprint density at radius 1 is 0.974 bits per heavy atom. The van der Waals surface area contributed by atoms with E-state index in [-0.39, 0.29) is 17.5 Å². The van der Waals surface area contributed by atoms with Crippen LogP contribution in [0.2, 0.25) is 0 Å². The Morgan fingerprint density at radius 2 is 1.74 bits per heavy atom. The normalized spacial score (nSPS) is 15.3. The first-order chi connectivity index (χ1) is 18.2. The van der Waals surface area contributed by atoms with E-state index in [0.717, 1.165) is 17.7 Å². The largest absolute Gasteiger partial charge is 0.497 e. The molecular formula is C28H27F3N4O3. The molecule has 1 fully saturated rings. The number of hydrogen-bond acceptors (Lipinski definition) is 5. The van der Waals surface area contributed by atoms with Gasteiger partial charge in [-0.2, -0.15) is 13.2 Å². The quantitative estimate of drug-likeness (QED) is 0.419. The number of amidine groups is 1. The van der Waals surface area contributed by atoms with Crippen molar-refractivity contribution in [3.8, 4) is 17.2 Å². The van der Waals surface area contributed by atoms with Crippen LogP contribution in [0.25, 0.3) is 0 Å². The standard InChI is InChI=1S/C28H27F3N4O3/c1-18-4-7-20(8-5-18)32-27(36)35-13-3-12-34(14-15-35)26-22-17-21(37-2)9-11-24(22)38-25-10-6-19(28(29,30)31)16-23(25)33-26/h4-11,16-17H,3,12-15H2,1-2H3,(H,32,36). The molecule has 1 saturated heterocycles. The molecule has 2 heterocycles. The highest BCUT2D eigenvalue weighted by Crippen LogP contribution is 2.42. The van der Waals surface area contributed by atoms with Gasteiger partial charge in [0.05, 0.1) is 18.2 Å². The fourth-order valence-electron chi connectivity index (χ4n) is 4.47. The maximum Gasteiger partial charge on any atom is 0.416 e. The fourth-order valence-corrected chi connectivity index (χ4v) is 4.47. The molecule has 10 heteroatoms.